The third-order valence-electron chi connectivity index (χ3n) is 1.46. The van der Waals surface area contributed by atoms with E-state index in [2.05, 4.69) is 27.1 Å². The van der Waals surface area contributed by atoms with Gasteiger partial charge in [-0.1, -0.05) is 0 Å². The van der Waals surface area contributed by atoms with Gasteiger partial charge >= 0.3 is 59.3 Å². The van der Waals surface area contributed by atoms with Crippen LogP contribution in [-0.2, 0) is 69.6 Å². The fourth-order valence-corrected chi connectivity index (χ4v) is 3.09. The standard InChI is InChI=1S/3C4H7O6P/c3*1-3(5)9-11(7,8)10-4(2)6/h3*1-2H3,(H,7,8). The molecule has 0 aromatic carbocycles. The summed E-state index contributed by atoms with van der Waals surface area (Å²) >= 11 is 0. The predicted molar refractivity (Wildman–Crippen MR) is 100 cm³/mol. The van der Waals surface area contributed by atoms with Crippen LogP contribution in [0.15, 0.2) is 0 Å². The largest absolute Gasteiger partial charge is 0.589 e. The van der Waals surface area contributed by atoms with Gasteiger partial charge in [0.1, 0.15) is 0 Å². The highest BCUT2D eigenvalue weighted by Gasteiger charge is 2.28. The zero-order valence-electron chi connectivity index (χ0n) is 17.8. The minimum Gasteiger partial charge on any atom is -0.362 e. The Kier molecular flexibility index (Phi) is 16.2. The Morgan fingerprint density at radius 3 is 0.545 bits per heavy atom. The second-order valence-corrected chi connectivity index (χ2v) is 8.81. The number of carbonyl (C=O) groups excluding carboxylic acids is 6. The van der Waals surface area contributed by atoms with E-state index in [4.69, 9.17) is 14.7 Å². The summed E-state index contributed by atoms with van der Waals surface area (Å²) in [5.41, 5.74) is 0. The quantitative estimate of drug-likeness (QED) is 0.385. The van der Waals surface area contributed by atoms with Gasteiger partial charge in [-0.2, -0.15) is 0 Å². The summed E-state index contributed by atoms with van der Waals surface area (Å²) < 4.78 is 54.2. The number of phosphoric acid groups is 3. The average molecular weight is 546 g/mol. The molecule has 0 saturated carbocycles. The molecule has 0 spiro atoms. The monoisotopic (exact) mass is 546 g/mol. The first-order valence-corrected chi connectivity index (χ1v) is 12.2. The molecule has 0 aromatic heterocycles. The van der Waals surface area contributed by atoms with Gasteiger partial charge < -0.3 is 27.1 Å². The first-order valence-electron chi connectivity index (χ1n) is 7.69. The molecule has 0 aromatic rings. The highest BCUT2D eigenvalue weighted by Crippen LogP contribution is 2.44. The second-order valence-electron chi connectivity index (χ2n) is 4.90. The maximum atomic E-state index is 10.5. The van der Waals surface area contributed by atoms with Crippen LogP contribution in [0.25, 0.3) is 0 Å². The molecule has 0 radical (unpaired) electrons. The highest BCUT2D eigenvalue weighted by atomic mass is 31.2. The summed E-state index contributed by atoms with van der Waals surface area (Å²) in [4.78, 5) is 86.1. The van der Waals surface area contributed by atoms with Crippen LogP contribution in [0.4, 0.5) is 0 Å². The molecule has 0 unspecified atom stereocenters. The maximum absolute atomic E-state index is 10.5. The highest BCUT2D eigenvalue weighted by molar-refractivity contribution is 7.49. The molecule has 33 heavy (non-hydrogen) atoms. The van der Waals surface area contributed by atoms with Crippen molar-refractivity contribution in [1.29, 1.82) is 0 Å². The SMILES string of the molecule is CC(=O)OP(=O)(O)OC(C)=O.CC(=O)OP(=O)(O)OC(C)=O.CC(=O)OP(=O)(O)OC(C)=O. The van der Waals surface area contributed by atoms with Gasteiger partial charge in [0.2, 0.25) is 0 Å². The van der Waals surface area contributed by atoms with Gasteiger partial charge in [0.25, 0.3) is 0 Å². The van der Waals surface area contributed by atoms with Gasteiger partial charge in [-0.05, 0) is 0 Å². The smallest absolute Gasteiger partial charge is 0.362 e. The molecule has 0 bridgehead atoms. The lowest BCUT2D eigenvalue weighted by Gasteiger charge is -2.07. The van der Waals surface area contributed by atoms with Crippen molar-refractivity contribution in [1.82, 2.24) is 0 Å². The van der Waals surface area contributed by atoms with E-state index in [-0.39, 0.29) is 0 Å². The maximum Gasteiger partial charge on any atom is 0.589 e. The Morgan fingerprint density at radius 1 is 0.394 bits per heavy atom. The van der Waals surface area contributed by atoms with Crippen molar-refractivity contribution in [2.24, 2.45) is 0 Å². The summed E-state index contributed by atoms with van der Waals surface area (Å²) in [6.07, 6.45) is 0. The number of carbonyl (C=O) groups is 6. The first kappa shape index (κ1) is 35.0. The van der Waals surface area contributed by atoms with Crippen molar-refractivity contribution in [2.75, 3.05) is 0 Å². The van der Waals surface area contributed by atoms with Gasteiger partial charge in [0, 0.05) is 41.5 Å². The number of rotatable bonds is 6. The molecule has 0 amide bonds. The molecule has 0 atom stereocenters. The zero-order chi connectivity index (χ0) is 27.2. The molecule has 3 N–H and O–H groups in total. The van der Waals surface area contributed by atoms with Gasteiger partial charge in [0.05, 0.1) is 0 Å². The molecule has 0 aliphatic rings. The summed E-state index contributed by atoms with van der Waals surface area (Å²) in [7, 11) is -13.5. The van der Waals surface area contributed by atoms with Crippen LogP contribution < -0.4 is 0 Å². The van der Waals surface area contributed by atoms with E-state index >= 15 is 0 Å². The van der Waals surface area contributed by atoms with Crippen LogP contribution >= 0.6 is 23.5 Å². The van der Waals surface area contributed by atoms with Crippen LogP contribution in [0.2, 0.25) is 0 Å². The molecular formula is C12H21O18P3. The van der Waals surface area contributed by atoms with Crippen LogP contribution in [0.1, 0.15) is 41.5 Å². The van der Waals surface area contributed by atoms with E-state index < -0.39 is 59.3 Å². The molecule has 18 nitrogen and oxygen atoms in total. The fraction of sp³-hybridized carbons (Fsp3) is 0.500. The number of hydrogen-bond donors (Lipinski definition) is 3. The first-order chi connectivity index (χ1) is 14.5. The van der Waals surface area contributed by atoms with Crippen LogP contribution in [0.3, 0.4) is 0 Å². The fourth-order valence-electron chi connectivity index (χ4n) is 1.03. The molecule has 0 heterocycles. The van der Waals surface area contributed by atoms with Crippen molar-refractivity contribution in [3.63, 3.8) is 0 Å². The van der Waals surface area contributed by atoms with Crippen molar-refractivity contribution < 1.29 is 84.3 Å². The van der Waals surface area contributed by atoms with Crippen molar-refractivity contribution >= 4 is 59.3 Å². The molecule has 0 fully saturated rings. The van der Waals surface area contributed by atoms with E-state index in [0.29, 0.717) is 0 Å². The van der Waals surface area contributed by atoms with E-state index in [9.17, 15) is 42.5 Å². The van der Waals surface area contributed by atoms with Crippen LogP contribution in [0, 0.1) is 0 Å². The Morgan fingerprint density at radius 2 is 0.485 bits per heavy atom. The van der Waals surface area contributed by atoms with Gasteiger partial charge in [0.15, 0.2) is 0 Å². The van der Waals surface area contributed by atoms with Gasteiger partial charge in [-0.15, -0.1) is 0 Å². The van der Waals surface area contributed by atoms with E-state index in [1.54, 1.807) is 0 Å². The molecule has 0 saturated heterocycles. The van der Waals surface area contributed by atoms with Gasteiger partial charge in [-0.25, -0.2) is 13.7 Å². The summed E-state index contributed by atoms with van der Waals surface area (Å²) in [5.74, 6) is -5.93. The molecule has 0 aliphatic heterocycles. The Balaban J connectivity index is -0.000000409. The van der Waals surface area contributed by atoms with E-state index in [1.165, 1.54) is 0 Å². The minimum atomic E-state index is -4.50. The summed E-state index contributed by atoms with van der Waals surface area (Å²) in [6.45, 7) is 5.54. The molecular weight excluding hydrogens is 525 g/mol. The van der Waals surface area contributed by atoms with E-state index in [0.717, 1.165) is 41.5 Å². The third-order valence-corrected chi connectivity index (χ3v) is 4.39. The lowest BCUT2D eigenvalue weighted by Crippen LogP contribution is -2.02. The molecule has 192 valence electrons. The molecule has 21 heteroatoms. The normalized spacial score (nSPS) is 10.5. The minimum absolute atomic E-state index is 0.923. The van der Waals surface area contributed by atoms with Crippen molar-refractivity contribution in [3.8, 4) is 0 Å². The molecule has 0 aliphatic carbocycles. The predicted octanol–water partition coefficient (Wildman–Crippen LogP) is 0.639. The molecule has 0 rings (SSSR count). The lowest BCUT2D eigenvalue weighted by atomic mass is 10.9. The number of phosphoric ester groups is 3. The van der Waals surface area contributed by atoms with Crippen LogP contribution in [0.5, 0.6) is 0 Å². The number of hydrogen-bond acceptors (Lipinski definition) is 15. The topological polar surface area (TPSA) is 270 Å². The second kappa shape index (κ2) is 15.3. The lowest BCUT2D eigenvalue weighted by molar-refractivity contribution is -0.139. The Bertz CT molecular complexity index is 716. The third kappa shape index (κ3) is 29.4. The Hall–Kier alpha value is -2.61. The van der Waals surface area contributed by atoms with E-state index in [1.807, 2.05) is 0 Å². The van der Waals surface area contributed by atoms with Gasteiger partial charge in [-0.3, -0.25) is 43.4 Å². The average Bonchev–Trinajstić information content (AvgIpc) is 2.38. The van der Waals surface area contributed by atoms with Crippen molar-refractivity contribution in [3.05, 3.63) is 0 Å². The summed E-state index contributed by atoms with van der Waals surface area (Å²) in [5, 5.41) is 0. The zero-order valence-corrected chi connectivity index (χ0v) is 20.5. The summed E-state index contributed by atoms with van der Waals surface area (Å²) in [6, 6.07) is 0. The van der Waals surface area contributed by atoms with Crippen molar-refractivity contribution in [2.45, 2.75) is 41.5 Å². The Labute approximate surface area is 185 Å². The van der Waals surface area contributed by atoms with Crippen LogP contribution in [-0.4, -0.2) is 50.5 Å².